The first kappa shape index (κ1) is 56.9. The van der Waals surface area contributed by atoms with E-state index in [1.807, 2.05) is 0 Å². The minimum absolute atomic E-state index is 0.450. The van der Waals surface area contributed by atoms with Gasteiger partial charge in [-0.25, -0.2) is 0 Å². The fourth-order valence-electron chi connectivity index (χ4n) is 9.59. The number of hydrazine groups is 1. The van der Waals surface area contributed by atoms with E-state index in [9.17, 15) is 0 Å². The highest BCUT2D eigenvalue weighted by atomic mass is 16.7. The standard InChI is InChI=1S/C50H103NO2.H4N2/c1-11-20-21-22-29-34-40-47(48(10,52-18-8)53-19-9)41-39-46-51(44-37-32-27-23-25-30-35-42-49(12-2,13-3)14-4)45-38-33-28-24-26-31-36-43-50(15-5,16-6)17-7;1-2/h47H,11-46H2,1-10H3;1-2H2. The SMILES string of the molecule is CCCCCCCCC(CCCN(CCCCCCCCCC(CC)(CC)CC)CCCCCCCCCC(CC)(CC)CC)C(C)(OCC)OCC.NN. The molecule has 0 amide bonds. The van der Waals surface area contributed by atoms with Crippen LogP contribution in [0.1, 0.15) is 268 Å². The van der Waals surface area contributed by atoms with Gasteiger partial charge in [-0.1, -0.05) is 203 Å². The number of ether oxygens (including phenoxy) is 2. The summed E-state index contributed by atoms with van der Waals surface area (Å²) >= 11 is 0. The van der Waals surface area contributed by atoms with Crippen molar-refractivity contribution in [1.29, 1.82) is 0 Å². The van der Waals surface area contributed by atoms with E-state index >= 15 is 0 Å². The normalized spacial score (nSPS) is 13.0. The number of unbranched alkanes of at least 4 members (excludes halogenated alkanes) is 17. The Balaban J connectivity index is 0. The fourth-order valence-corrected chi connectivity index (χ4v) is 9.59. The highest BCUT2D eigenvalue weighted by molar-refractivity contribution is 4.78. The molecule has 0 fully saturated rings. The van der Waals surface area contributed by atoms with Crippen LogP contribution in [0.2, 0.25) is 0 Å². The summed E-state index contributed by atoms with van der Waals surface area (Å²) in [5.41, 5.74) is 1.24. The summed E-state index contributed by atoms with van der Waals surface area (Å²) in [5, 5.41) is 0. The topological polar surface area (TPSA) is 73.7 Å². The molecule has 0 saturated heterocycles. The first-order valence-corrected chi connectivity index (χ1v) is 25.1. The lowest BCUT2D eigenvalue weighted by molar-refractivity contribution is -0.254. The van der Waals surface area contributed by atoms with Crippen molar-refractivity contribution in [1.82, 2.24) is 4.90 Å². The fraction of sp³-hybridized carbons (Fsp3) is 1.00. The maximum absolute atomic E-state index is 6.37. The molecule has 0 spiro atoms. The Morgan fingerprint density at radius 1 is 0.400 bits per heavy atom. The number of hydrogen-bond donors (Lipinski definition) is 2. The minimum Gasteiger partial charge on any atom is -0.350 e. The second-order valence-electron chi connectivity index (χ2n) is 17.7. The Hall–Kier alpha value is -0.200. The summed E-state index contributed by atoms with van der Waals surface area (Å²) < 4.78 is 12.7. The third-order valence-electron chi connectivity index (χ3n) is 14.4. The van der Waals surface area contributed by atoms with Crippen LogP contribution in [0.5, 0.6) is 0 Å². The summed E-state index contributed by atoms with van der Waals surface area (Å²) in [5.74, 6) is 8.03. The van der Waals surface area contributed by atoms with Gasteiger partial charge in [-0.2, -0.15) is 0 Å². The molecule has 55 heavy (non-hydrogen) atoms. The third kappa shape index (κ3) is 28.0. The van der Waals surface area contributed by atoms with Gasteiger partial charge in [-0.3, -0.25) is 11.7 Å². The van der Waals surface area contributed by atoms with Crippen LogP contribution in [0.15, 0.2) is 0 Å². The molecule has 0 aliphatic heterocycles. The van der Waals surface area contributed by atoms with Gasteiger partial charge < -0.3 is 14.4 Å². The van der Waals surface area contributed by atoms with Crippen LogP contribution in [0, 0.1) is 16.7 Å². The molecule has 0 aromatic heterocycles. The van der Waals surface area contributed by atoms with E-state index in [1.54, 1.807) is 0 Å². The Labute approximate surface area is 348 Å². The van der Waals surface area contributed by atoms with Crippen molar-refractivity contribution in [2.75, 3.05) is 32.8 Å². The van der Waals surface area contributed by atoms with Crippen LogP contribution < -0.4 is 11.7 Å². The lowest BCUT2D eigenvalue weighted by Gasteiger charge is -2.38. The van der Waals surface area contributed by atoms with E-state index in [0.717, 1.165) is 13.2 Å². The number of rotatable bonds is 42. The Kier molecular flexibility index (Phi) is 40.6. The van der Waals surface area contributed by atoms with Crippen LogP contribution in [-0.2, 0) is 9.47 Å². The first-order valence-electron chi connectivity index (χ1n) is 25.1. The van der Waals surface area contributed by atoms with Gasteiger partial charge in [0.05, 0.1) is 0 Å². The predicted octanol–water partition coefficient (Wildman–Crippen LogP) is 15.7. The van der Waals surface area contributed by atoms with Gasteiger partial charge in [0.25, 0.3) is 0 Å². The maximum Gasteiger partial charge on any atom is 0.168 e. The second kappa shape index (κ2) is 39.3. The Morgan fingerprint density at radius 2 is 0.709 bits per heavy atom. The molecule has 5 heteroatoms. The largest absolute Gasteiger partial charge is 0.350 e. The zero-order valence-corrected chi connectivity index (χ0v) is 40.0. The van der Waals surface area contributed by atoms with Crippen molar-refractivity contribution >= 4 is 0 Å². The van der Waals surface area contributed by atoms with Crippen LogP contribution in [-0.4, -0.2) is 43.5 Å². The minimum atomic E-state index is -0.450. The smallest absolute Gasteiger partial charge is 0.168 e. The van der Waals surface area contributed by atoms with E-state index in [4.69, 9.17) is 9.47 Å². The maximum atomic E-state index is 6.37. The molecule has 0 bridgehead atoms. The van der Waals surface area contributed by atoms with Crippen molar-refractivity contribution in [3.63, 3.8) is 0 Å². The summed E-state index contributed by atoms with van der Waals surface area (Å²) in [6.45, 7) is 28.5. The van der Waals surface area contributed by atoms with Gasteiger partial charge in [0.2, 0.25) is 0 Å². The quantitative estimate of drug-likeness (QED) is 0.0279. The highest BCUT2D eigenvalue weighted by Crippen LogP contribution is 2.37. The molecule has 334 valence electrons. The summed E-state index contributed by atoms with van der Waals surface area (Å²) in [4.78, 5) is 2.85. The van der Waals surface area contributed by atoms with Gasteiger partial charge in [0.15, 0.2) is 5.79 Å². The molecule has 0 saturated carbocycles. The summed E-state index contributed by atoms with van der Waals surface area (Å²) in [7, 11) is 0. The van der Waals surface area contributed by atoms with Crippen LogP contribution in [0.25, 0.3) is 0 Å². The molecule has 5 nitrogen and oxygen atoms in total. The van der Waals surface area contributed by atoms with Crippen molar-refractivity contribution in [3.05, 3.63) is 0 Å². The lowest BCUT2D eigenvalue weighted by Crippen LogP contribution is -2.41. The molecular weight excluding hydrogens is 675 g/mol. The monoisotopic (exact) mass is 782 g/mol. The Bertz CT molecular complexity index is 693. The molecule has 0 aliphatic carbocycles. The van der Waals surface area contributed by atoms with Crippen molar-refractivity contribution < 1.29 is 9.47 Å². The molecule has 0 aromatic rings. The van der Waals surface area contributed by atoms with Gasteiger partial charge in [0, 0.05) is 19.1 Å². The van der Waals surface area contributed by atoms with E-state index in [-0.39, 0.29) is 0 Å². The van der Waals surface area contributed by atoms with E-state index in [1.165, 1.54) is 219 Å². The average molecular weight is 782 g/mol. The molecule has 1 atom stereocenters. The molecule has 4 N–H and O–H groups in total. The zero-order chi connectivity index (χ0) is 41.5. The molecule has 0 radical (unpaired) electrons. The number of nitrogens with zero attached hydrogens (tertiary/aromatic N) is 1. The zero-order valence-electron chi connectivity index (χ0n) is 40.0. The van der Waals surface area contributed by atoms with E-state index < -0.39 is 5.79 Å². The van der Waals surface area contributed by atoms with Crippen molar-refractivity contribution in [2.24, 2.45) is 28.4 Å². The highest BCUT2D eigenvalue weighted by Gasteiger charge is 2.35. The van der Waals surface area contributed by atoms with Crippen molar-refractivity contribution in [2.45, 2.75) is 274 Å². The van der Waals surface area contributed by atoms with Gasteiger partial charge in [-0.15, -0.1) is 0 Å². The number of hydrogen-bond acceptors (Lipinski definition) is 5. The second-order valence-corrected chi connectivity index (χ2v) is 17.7. The van der Waals surface area contributed by atoms with Gasteiger partial charge in [-0.05, 0) is 96.2 Å². The lowest BCUT2D eigenvalue weighted by atomic mass is 9.75. The number of nitrogens with two attached hydrogens (primary N) is 2. The molecule has 0 rings (SSSR count). The summed E-state index contributed by atoms with van der Waals surface area (Å²) in [6, 6.07) is 0. The predicted molar refractivity (Wildman–Crippen MR) is 248 cm³/mol. The van der Waals surface area contributed by atoms with E-state index in [0.29, 0.717) is 16.7 Å². The third-order valence-corrected chi connectivity index (χ3v) is 14.4. The van der Waals surface area contributed by atoms with E-state index in [2.05, 4.69) is 85.8 Å². The van der Waals surface area contributed by atoms with Crippen molar-refractivity contribution in [3.8, 4) is 0 Å². The van der Waals surface area contributed by atoms with Gasteiger partial charge >= 0.3 is 0 Å². The van der Waals surface area contributed by atoms with Crippen LogP contribution in [0.3, 0.4) is 0 Å². The molecular formula is C50H107N3O2. The first-order chi connectivity index (χ1) is 26.7. The molecule has 0 aliphatic rings. The molecule has 1 unspecified atom stereocenters. The van der Waals surface area contributed by atoms with Gasteiger partial charge in [0.1, 0.15) is 0 Å². The summed E-state index contributed by atoms with van der Waals surface area (Å²) in [6.07, 6.45) is 42.7. The molecule has 0 heterocycles. The molecule has 0 aromatic carbocycles. The van der Waals surface area contributed by atoms with Crippen LogP contribution >= 0.6 is 0 Å². The van der Waals surface area contributed by atoms with Crippen LogP contribution in [0.4, 0.5) is 0 Å². The Morgan fingerprint density at radius 3 is 1.07 bits per heavy atom. The average Bonchev–Trinajstić information content (AvgIpc) is 3.21.